The summed E-state index contributed by atoms with van der Waals surface area (Å²) in [6.07, 6.45) is 19.1. The van der Waals surface area contributed by atoms with Crippen molar-refractivity contribution in [3.8, 4) is 23.6 Å². The summed E-state index contributed by atoms with van der Waals surface area (Å²) in [6, 6.07) is 6.23. The Labute approximate surface area is 221 Å². The third kappa shape index (κ3) is 17.0. The highest BCUT2D eigenvalue weighted by Gasteiger charge is 2.05. The quantitative estimate of drug-likeness (QED) is 0.221. The number of terminal acetylenes is 1. The van der Waals surface area contributed by atoms with Crippen molar-refractivity contribution in [2.75, 3.05) is 6.54 Å². The average molecular weight is 487 g/mol. The van der Waals surface area contributed by atoms with E-state index in [0.29, 0.717) is 0 Å². The van der Waals surface area contributed by atoms with Gasteiger partial charge in [0.25, 0.3) is 0 Å². The van der Waals surface area contributed by atoms with Gasteiger partial charge in [0.15, 0.2) is 0 Å². The van der Waals surface area contributed by atoms with Gasteiger partial charge in [-0.05, 0) is 76.6 Å². The van der Waals surface area contributed by atoms with E-state index in [1.165, 1.54) is 16.7 Å². The van der Waals surface area contributed by atoms with Gasteiger partial charge in [0.05, 0.1) is 5.69 Å². The van der Waals surface area contributed by atoms with E-state index >= 15 is 0 Å². The molecule has 0 aliphatic carbocycles. The Morgan fingerprint density at radius 1 is 1.14 bits per heavy atom. The number of aromatic nitrogens is 2. The van der Waals surface area contributed by atoms with Crippen LogP contribution < -0.4 is 5.32 Å². The molecule has 0 spiro atoms. The maximum absolute atomic E-state index is 4.61. The zero-order valence-electron chi connectivity index (χ0n) is 23.7. The maximum Gasteiger partial charge on any atom is 0.0732 e. The number of pyridine rings is 2. The van der Waals surface area contributed by atoms with E-state index in [0.717, 1.165) is 42.0 Å². The molecule has 0 aliphatic rings. The Kier molecular flexibility index (Phi) is 22.3. The third-order valence-electron chi connectivity index (χ3n) is 4.54. The summed E-state index contributed by atoms with van der Waals surface area (Å²) in [5, 5.41) is 3.38. The molecule has 2 aromatic rings. The number of rotatable bonds is 9. The van der Waals surface area contributed by atoms with Gasteiger partial charge in [-0.25, -0.2) is 0 Å². The molecular formula is C32H46N4. The topological polar surface area (TPSA) is 50.2 Å². The molecule has 0 unspecified atom stereocenters. The van der Waals surface area contributed by atoms with Gasteiger partial charge in [-0.15, -0.1) is 12.3 Å². The molecule has 0 saturated heterocycles. The molecule has 2 heterocycles. The summed E-state index contributed by atoms with van der Waals surface area (Å²) in [7, 11) is 0. The van der Waals surface area contributed by atoms with Crippen LogP contribution in [0.15, 0.2) is 83.8 Å². The van der Waals surface area contributed by atoms with Crippen LogP contribution in [0, 0.1) is 26.2 Å². The molecule has 2 aromatic heterocycles. The van der Waals surface area contributed by atoms with Crippen molar-refractivity contribution in [3.05, 3.63) is 95.6 Å². The molecule has 2 rings (SSSR count). The van der Waals surface area contributed by atoms with Gasteiger partial charge >= 0.3 is 0 Å². The van der Waals surface area contributed by atoms with E-state index in [4.69, 9.17) is 0 Å². The number of aliphatic imine (C=N–C) groups is 1. The van der Waals surface area contributed by atoms with E-state index in [2.05, 4.69) is 84.9 Å². The molecule has 194 valence electrons. The number of hydrogen-bond acceptors (Lipinski definition) is 4. The van der Waals surface area contributed by atoms with Crippen molar-refractivity contribution in [2.45, 2.75) is 68.4 Å². The zero-order chi connectivity index (χ0) is 27.8. The number of aryl methyl sites for hydroxylation is 2. The first kappa shape index (κ1) is 34.6. The van der Waals surface area contributed by atoms with Crippen LogP contribution in [0.3, 0.4) is 0 Å². The second kappa shape index (κ2) is 23.2. The van der Waals surface area contributed by atoms with Crippen molar-refractivity contribution in [3.63, 3.8) is 0 Å². The predicted molar refractivity (Wildman–Crippen MR) is 161 cm³/mol. The summed E-state index contributed by atoms with van der Waals surface area (Å²) < 4.78 is 0. The highest BCUT2D eigenvalue weighted by Crippen LogP contribution is 2.21. The smallest absolute Gasteiger partial charge is 0.0732 e. The first-order valence-corrected chi connectivity index (χ1v) is 12.4. The molecule has 0 saturated carbocycles. The van der Waals surface area contributed by atoms with Gasteiger partial charge in [-0.2, -0.15) is 0 Å². The van der Waals surface area contributed by atoms with E-state index in [1.807, 2.05) is 58.3 Å². The first-order valence-electron chi connectivity index (χ1n) is 12.4. The zero-order valence-corrected chi connectivity index (χ0v) is 23.7. The maximum atomic E-state index is 4.61. The normalized spacial score (nSPS) is 10.5. The lowest BCUT2D eigenvalue weighted by atomic mass is 10.1. The summed E-state index contributed by atoms with van der Waals surface area (Å²) in [4.78, 5) is 12.6. The van der Waals surface area contributed by atoms with E-state index in [1.54, 1.807) is 19.2 Å². The third-order valence-corrected chi connectivity index (χ3v) is 4.54. The molecule has 1 N–H and O–H groups in total. The SMILES string of the molecule is C#CC.C=C/C=C\C=C(/C)CC.C=N/C=C(\C)CNCc1cnc(-c2ccnc(C)c2)c(C)c1.CC. The molecule has 0 bridgehead atoms. The average Bonchev–Trinajstić information content (AvgIpc) is 2.86. The minimum absolute atomic E-state index is 0.784. The number of nitrogens with one attached hydrogen (secondary N) is 1. The highest BCUT2D eigenvalue weighted by molar-refractivity contribution is 5.63. The van der Waals surface area contributed by atoms with Crippen molar-refractivity contribution in [2.24, 2.45) is 4.99 Å². The summed E-state index contributed by atoms with van der Waals surface area (Å²) in [5.74, 6) is 2.25. The monoisotopic (exact) mass is 486 g/mol. The van der Waals surface area contributed by atoms with E-state index in [9.17, 15) is 0 Å². The predicted octanol–water partition coefficient (Wildman–Crippen LogP) is 8.21. The fourth-order valence-electron chi connectivity index (χ4n) is 2.75. The van der Waals surface area contributed by atoms with Gasteiger partial charge in [0.1, 0.15) is 0 Å². The lowest BCUT2D eigenvalue weighted by molar-refractivity contribution is 0.735. The Hall–Kier alpha value is -3.55. The molecule has 0 aliphatic heterocycles. The summed E-state index contributed by atoms with van der Waals surface area (Å²) in [6.45, 7) is 24.6. The molecule has 0 atom stereocenters. The van der Waals surface area contributed by atoms with Crippen molar-refractivity contribution in [1.82, 2.24) is 15.3 Å². The fraction of sp³-hybridized carbons (Fsp3) is 0.344. The van der Waals surface area contributed by atoms with Crippen LogP contribution in [0.25, 0.3) is 11.3 Å². The highest BCUT2D eigenvalue weighted by atomic mass is 14.9. The Bertz CT molecular complexity index is 1020. The van der Waals surface area contributed by atoms with Crippen LogP contribution in [0.4, 0.5) is 0 Å². The van der Waals surface area contributed by atoms with E-state index in [-0.39, 0.29) is 0 Å². The van der Waals surface area contributed by atoms with Crippen LogP contribution in [0.5, 0.6) is 0 Å². The molecule has 36 heavy (non-hydrogen) atoms. The van der Waals surface area contributed by atoms with Crippen molar-refractivity contribution >= 4 is 6.72 Å². The second-order valence-corrected chi connectivity index (χ2v) is 7.73. The van der Waals surface area contributed by atoms with Crippen molar-refractivity contribution in [1.29, 1.82) is 0 Å². The van der Waals surface area contributed by atoms with Crippen LogP contribution >= 0.6 is 0 Å². The van der Waals surface area contributed by atoms with Gasteiger partial charge in [0.2, 0.25) is 0 Å². The Morgan fingerprint density at radius 3 is 2.33 bits per heavy atom. The Balaban J connectivity index is 0. The number of nitrogens with zero attached hydrogens (tertiary/aromatic N) is 3. The Morgan fingerprint density at radius 2 is 1.81 bits per heavy atom. The molecule has 0 radical (unpaired) electrons. The second-order valence-electron chi connectivity index (χ2n) is 7.73. The van der Waals surface area contributed by atoms with Crippen LogP contribution in [-0.4, -0.2) is 23.2 Å². The van der Waals surface area contributed by atoms with E-state index < -0.39 is 0 Å². The van der Waals surface area contributed by atoms with Gasteiger partial charge in [-0.1, -0.05) is 63.3 Å². The van der Waals surface area contributed by atoms with Gasteiger partial charge in [0, 0.05) is 42.9 Å². The van der Waals surface area contributed by atoms with Gasteiger partial charge < -0.3 is 5.32 Å². The van der Waals surface area contributed by atoms with Crippen molar-refractivity contribution < 1.29 is 0 Å². The molecule has 0 amide bonds. The number of hydrogen-bond donors (Lipinski definition) is 1. The molecule has 0 fully saturated rings. The summed E-state index contributed by atoms with van der Waals surface area (Å²) in [5.41, 5.74) is 8.03. The lowest BCUT2D eigenvalue weighted by Gasteiger charge is -2.09. The number of allylic oxidation sites excluding steroid dienone is 5. The molecule has 0 aromatic carbocycles. The lowest BCUT2D eigenvalue weighted by Crippen LogP contribution is -2.15. The molecule has 4 heteroatoms. The molecular weight excluding hydrogens is 440 g/mol. The van der Waals surface area contributed by atoms with Crippen LogP contribution in [0.1, 0.15) is 64.8 Å². The minimum atomic E-state index is 0.784. The van der Waals surface area contributed by atoms with Gasteiger partial charge in [-0.3, -0.25) is 15.0 Å². The molecule has 4 nitrogen and oxygen atoms in total. The summed E-state index contributed by atoms with van der Waals surface area (Å²) >= 11 is 0. The minimum Gasteiger partial charge on any atom is -0.309 e. The fourth-order valence-corrected chi connectivity index (χ4v) is 2.75. The van der Waals surface area contributed by atoms with Crippen LogP contribution in [-0.2, 0) is 6.54 Å². The van der Waals surface area contributed by atoms with Crippen LogP contribution in [0.2, 0.25) is 0 Å². The standard InChI is InChI=1S/C18H22N4.C9H14.C3H4.C2H6/c1-13(9-19-4)10-20-11-16-7-14(2)18(22-12-16)17-5-6-21-15(3)8-17;1-4-6-7-8-9(3)5-2;1-3-2;1-2/h5-9,12,20H,4,10-11H2,1-3H3;4,6-8H,1,5H2,2-3H3;1H,2H3;1-2H3/b13-9+;7-6-,9-8+;;. The largest absolute Gasteiger partial charge is 0.309 e. The first-order chi connectivity index (χ1) is 17.3.